The van der Waals surface area contributed by atoms with E-state index in [-0.39, 0.29) is 12.5 Å². The summed E-state index contributed by atoms with van der Waals surface area (Å²) in [5.41, 5.74) is 5.78. The van der Waals surface area contributed by atoms with Crippen LogP contribution in [0.2, 0.25) is 0 Å². The molecule has 1 aliphatic carbocycles. The van der Waals surface area contributed by atoms with Crippen LogP contribution in [0.5, 0.6) is 0 Å². The number of rotatable bonds is 6. The van der Waals surface area contributed by atoms with Gasteiger partial charge in [-0.05, 0) is 18.3 Å². The smallest absolute Gasteiger partial charge is 0.304 e. The quantitative estimate of drug-likeness (QED) is 0.687. The second-order valence-corrected chi connectivity index (χ2v) is 4.61. The maximum absolute atomic E-state index is 10.4. The van der Waals surface area contributed by atoms with Crippen LogP contribution in [-0.2, 0) is 4.79 Å². The van der Waals surface area contributed by atoms with Gasteiger partial charge >= 0.3 is 5.97 Å². The molecule has 0 aromatic rings. The van der Waals surface area contributed by atoms with Gasteiger partial charge in [-0.15, -0.1) is 0 Å². The molecule has 0 aromatic carbocycles. The van der Waals surface area contributed by atoms with Crippen molar-refractivity contribution in [2.24, 2.45) is 17.6 Å². The predicted molar refractivity (Wildman–Crippen MR) is 56.0 cm³/mol. The van der Waals surface area contributed by atoms with E-state index in [4.69, 9.17) is 10.8 Å². The Morgan fingerprint density at radius 2 is 2.21 bits per heavy atom. The fourth-order valence-electron chi connectivity index (χ4n) is 1.90. The molecule has 3 N–H and O–H groups in total. The van der Waals surface area contributed by atoms with Crippen LogP contribution in [0.25, 0.3) is 0 Å². The highest BCUT2D eigenvalue weighted by molar-refractivity contribution is 5.67. The van der Waals surface area contributed by atoms with Gasteiger partial charge in [0.2, 0.25) is 0 Å². The van der Waals surface area contributed by atoms with Crippen LogP contribution in [0.1, 0.15) is 45.4 Å². The highest BCUT2D eigenvalue weighted by atomic mass is 16.4. The summed E-state index contributed by atoms with van der Waals surface area (Å²) in [6.45, 7) is 2.06. The van der Waals surface area contributed by atoms with E-state index < -0.39 is 5.97 Å². The number of carboxylic acids is 1. The van der Waals surface area contributed by atoms with Crippen molar-refractivity contribution in [1.29, 1.82) is 0 Å². The van der Waals surface area contributed by atoms with Crippen LogP contribution in [0.3, 0.4) is 0 Å². The Kier molecular flexibility index (Phi) is 4.39. The maximum Gasteiger partial charge on any atom is 0.304 e. The summed E-state index contributed by atoms with van der Waals surface area (Å²) in [5.74, 6) is 0.453. The minimum atomic E-state index is -0.784. The van der Waals surface area contributed by atoms with Gasteiger partial charge in [-0.2, -0.15) is 0 Å². The van der Waals surface area contributed by atoms with Gasteiger partial charge in [-0.25, -0.2) is 0 Å². The molecule has 0 saturated heterocycles. The van der Waals surface area contributed by atoms with Crippen molar-refractivity contribution in [2.75, 3.05) is 0 Å². The number of hydrogen-bond donors (Lipinski definition) is 2. The number of nitrogens with two attached hydrogens (primary N) is 1. The van der Waals surface area contributed by atoms with Gasteiger partial charge in [0.05, 0.1) is 6.42 Å². The van der Waals surface area contributed by atoms with Gasteiger partial charge in [0, 0.05) is 6.04 Å². The third kappa shape index (κ3) is 3.66. The number of carbonyl (C=O) groups is 1. The van der Waals surface area contributed by atoms with Gasteiger partial charge in [-0.3, -0.25) is 4.79 Å². The van der Waals surface area contributed by atoms with Crippen LogP contribution in [-0.4, -0.2) is 17.1 Å². The summed E-state index contributed by atoms with van der Waals surface area (Å²) in [6, 6.07) is -0.174. The van der Waals surface area contributed by atoms with E-state index in [2.05, 4.69) is 6.92 Å². The highest BCUT2D eigenvalue weighted by Crippen LogP contribution is 2.32. The van der Waals surface area contributed by atoms with E-state index >= 15 is 0 Å². The van der Waals surface area contributed by atoms with E-state index in [0.29, 0.717) is 5.92 Å². The molecule has 14 heavy (non-hydrogen) atoms. The van der Waals surface area contributed by atoms with Gasteiger partial charge in [0.15, 0.2) is 0 Å². The third-order valence-corrected chi connectivity index (χ3v) is 3.40. The normalized spacial score (nSPS) is 21.3. The minimum absolute atomic E-state index is 0.103. The largest absolute Gasteiger partial charge is 0.481 e. The molecule has 0 spiro atoms. The molecule has 0 bridgehead atoms. The Morgan fingerprint density at radius 1 is 1.57 bits per heavy atom. The van der Waals surface area contributed by atoms with Crippen molar-refractivity contribution in [1.82, 2.24) is 0 Å². The van der Waals surface area contributed by atoms with Crippen LogP contribution in [0.15, 0.2) is 0 Å². The summed E-state index contributed by atoms with van der Waals surface area (Å²) >= 11 is 0. The van der Waals surface area contributed by atoms with E-state index in [0.717, 1.165) is 12.3 Å². The van der Waals surface area contributed by atoms with Crippen molar-refractivity contribution in [2.45, 2.75) is 51.5 Å². The Hall–Kier alpha value is -0.570. The second-order valence-electron chi connectivity index (χ2n) is 4.61. The summed E-state index contributed by atoms with van der Waals surface area (Å²) in [4.78, 5) is 10.4. The molecule has 0 aromatic heterocycles. The van der Waals surface area contributed by atoms with Crippen molar-refractivity contribution >= 4 is 5.97 Å². The molecular formula is C11H21NO2. The molecule has 82 valence electrons. The molecule has 1 fully saturated rings. The number of carboxylic acid groups (broad SMARTS) is 1. The van der Waals surface area contributed by atoms with Crippen LogP contribution < -0.4 is 5.73 Å². The SMILES string of the molecule is C[C@@H](CCC1CCC1)[C@H](N)CC(=O)O. The molecular weight excluding hydrogens is 178 g/mol. The molecule has 3 heteroatoms. The van der Waals surface area contributed by atoms with E-state index in [1.807, 2.05) is 0 Å². The lowest BCUT2D eigenvalue weighted by Gasteiger charge is -2.27. The van der Waals surface area contributed by atoms with Crippen LogP contribution in [0.4, 0.5) is 0 Å². The first-order valence-corrected chi connectivity index (χ1v) is 5.57. The summed E-state index contributed by atoms with van der Waals surface area (Å²) < 4.78 is 0. The average Bonchev–Trinajstić information content (AvgIpc) is 1.99. The monoisotopic (exact) mass is 199 g/mol. The maximum atomic E-state index is 10.4. The topological polar surface area (TPSA) is 63.3 Å². The Balaban J connectivity index is 2.12. The first kappa shape index (κ1) is 11.5. The molecule has 3 nitrogen and oxygen atoms in total. The zero-order valence-corrected chi connectivity index (χ0v) is 8.91. The van der Waals surface area contributed by atoms with Crippen LogP contribution >= 0.6 is 0 Å². The zero-order valence-electron chi connectivity index (χ0n) is 8.91. The lowest BCUT2D eigenvalue weighted by molar-refractivity contribution is -0.137. The Morgan fingerprint density at radius 3 is 2.64 bits per heavy atom. The van der Waals surface area contributed by atoms with E-state index in [1.165, 1.54) is 25.7 Å². The third-order valence-electron chi connectivity index (χ3n) is 3.40. The standard InChI is InChI=1S/C11H21NO2/c1-8(10(12)7-11(13)14)5-6-9-3-2-4-9/h8-10H,2-7,12H2,1H3,(H,13,14)/t8-,10+/m0/s1. The van der Waals surface area contributed by atoms with E-state index in [9.17, 15) is 4.79 Å². The first-order valence-electron chi connectivity index (χ1n) is 5.57. The van der Waals surface area contributed by atoms with Crippen molar-refractivity contribution in [3.8, 4) is 0 Å². The fraction of sp³-hybridized carbons (Fsp3) is 0.909. The zero-order chi connectivity index (χ0) is 10.6. The fourth-order valence-corrected chi connectivity index (χ4v) is 1.90. The summed E-state index contributed by atoms with van der Waals surface area (Å²) in [7, 11) is 0. The van der Waals surface area contributed by atoms with Crippen molar-refractivity contribution in [3.63, 3.8) is 0 Å². The summed E-state index contributed by atoms with van der Waals surface area (Å²) in [6.07, 6.45) is 6.52. The van der Waals surface area contributed by atoms with Gasteiger partial charge < -0.3 is 10.8 Å². The molecule has 0 heterocycles. The lowest BCUT2D eigenvalue weighted by Crippen LogP contribution is -2.31. The molecule has 0 radical (unpaired) electrons. The molecule has 0 unspecified atom stereocenters. The molecule has 1 aliphatic rings. The highest BCUT2D eigenvalue weighted by Gasteiger charge is 2.21. The molecule has 0 amide bonds. The minimum Gasteiger partial charge on any atom is -0.481 e. The average molecular weight is 199 g/mol. The van der Waals surface area contributed by atoms with Crippen molar-refractivity contribution in [3.05, 3.63) is 0 Å². The van der Waals surface area contributed by atoms with Crippen LogP contribution in [0, 0.1) is 11.8 Å². The lowest BCUT2D eigenvalue weighted by atomic mass is 9.79. The molecule has 0 aliphatic heterocycles. The Bertz CT molecular complexity index is 190. The molecule has 2 atom stereocenters. The van der Waals surface area contributed by atoms with Gasteiger partial charge in [0.1, 0.15) is 0 Å². The number of aliphatic carboxylic acids is 1. The summed E-state index contributed by atoms with van der Waals surface area (Å²) in [5, 5.41) is 8.59. The second kappa shape index (κ2) is 5.35. The van der Waals surface area contributed by atoms with Crippen molar-refractivity contribution < 1.29 is 9.90 Å². The molecule has 1 saturated carbocycles. The molecule has 1 rings (SSSR count). The number of hydrogen-bond acceptors (Lipinski definition) is 2. The van der Waals surface area contributed by atoms with Gasteiger partial charge in [-0.1, -0.05) is 32.6 Å². The predicted octanol–water partition coefficient (Wildman–Crippen LogP) is 2.00. The van der Waals surface area contributed by atoms with Gasteiger partial charge in [0.25, 0.3) is 0 Å². The Labute approximate surface area is 85.7 Å². The van der Waals surface area contributed by atoms with E-state index in [1.54, 1.807) is 0 Å². The first-order chi connectivity index (χ1) is 6.59.